The first kappa shape index (κ1) is 18.6. The smallest absolute Gasteiger partial charge is 0.387 e. The maximum absolute atomic E-state index is 13.0. The van der Waals surface area contributed by atoms with Crippen molar-refractivity contribution < 1.29 is 27.8 Å². The fourth-order valence-electron chi connectivity index (χ4n) is 3.15. The lowest BCUT2D eigenvalue weighted by Crippen LogP contribution is -2.51. The quantitative estimate of drug-likeness (QED) is 0.869. The molecule has 2 amide bonds. The molecule has 8 heteroatoms. The fourth-order valence-corrected chi connectivity index (χ4v) is 3.15. The monoisotopic (exact) mass is 376 g/mol. The van der Waals surface area contributed by atoms with Gasteiger partial charge in [-0.2, -0.15) is 8.78 Å². The third kappa shape index (κ3) is 3.84. The summed E-state index contributed by atoms with van der Waals surface area (Å²) in [5, 5.41) is 0. The molecule has 0 saturated heterocycles. The minimum Gasteiger partial charge on any atom is -0.493 e. The molecule has 0 aliphatic carbocycles. The number of ether oxygens (including phenoxy) is 2. The van der Waals surface area contributed by atoms with Crippen molar-refractivity contribution in [3.63, 3.8) is 0 Å². The van der Waals surface area contributed by atoms with E-state index in [0.29, 0.717) is 6.42 Å². The van der Waals surface area contributed by atoms with E-state index in [1.54, 1.807) is 0 Å². The number of hydrogen-bond acceptors (Lipinski definition) is 4. The van der Waals surface area contributed by atoms with Gasteiger partial charge in [-0.3, -0.25) is 9.59 Å². The molecule has 1 aliphatic heterocycles. The van der Waals surface area contributed by atoms with Crippen LogP contribution in [0.3, 0.4) is 0 Å². The fraction of sp³-hybridized carbons (Fsp3) is 0.263. The predicted molar refractivity (Wildman–Crippen MR) is 92.6 cm³/mol. The van der Waals surface area contributed by atoms with Gasteiger partial charge in [0.15, 0.2) is 11.5 Å². The van der Waals surface area contributed by atoms with Crippen LogP contribution in [0, 0.1) is 0 Å². The largest absolute Gasteiger partial charge is 0.493 e. The van der Waals surface area contributed by atoms with Crippen LogP contribution in [0.15, 0.2) is 42.5 Å². The molecule has 0 spiro atoms. The van der Waals surface area contributed by atoms with Crippen LogP contribution in [-0.4, -0.2) is 36.5 Å². The van der Waals surface area contributed by atoms with E-state index in [9.17, 15) is 18.4 Å². The summed E-state index contributed by atoms with van der Waals surface area (Å²) in [6, 6.07) is 10.6. The van der Waals surface area contributed by atoms with Gasteiger partial charge in [0.25, 0.3) is 5.91 Å². The van der Waals surface area contributed by atoms with Crippen molar-refractivity contribution in [2.24, 2.45) is 5.73 Å². The van der Waals surface area contributed by atoms with E-state index >= 15 is 0 Å². The number of rotatable bonds is 5. The average molecular weight is 376 g/mol. The summed E-state index contributed by atoms with van der Waals surface area (Å²) in [5.41, 5.74) is 7.57. The molecule has 6 nitrogen and oxygen atoms in total. The molecule has 1 aliphatic rings. The second kappa shape index (κ2) is 7.61. The van der Waals surface area contributed by atoms with E-state index in [2.05, 4.69) is 4.74 Å². The molecule has 0 saturated carbocycles. The molecule has 1 atom stereocenters. The number of halogens is 2. The number of carbonyl (C=O) groups is 2. The highest BCUT2D eigenvalue weighted by molar-refractivity contribution is 5.98. The number of methoxy groups -OCH3 is 1. The standard InChI is InChI=1S/C19H18F2N2O4/c1-26-16-9-12(6-7-15(16)27-19(20)21)18(25)23-10-13-5-3-2-4-11(13)8-14(23)17(22)24/h2-7,9,14,19H,8,10H2,1H3,(H2,22,24)/t14-/m0/s1. The van der Waals surface area contributed by atoms with Gasteiger partial charge in [0.05, 0.1) is 7.11 Å². The lowest BCUT2D eigenvalue weighted by atomic mass is 9.93. The lowest BCUT2D eigenvalue weighted by Gasteiger charge is -2.35. The minimum absolute atomic E-state index is 0.00538. The Morgan fingerprint density at radius 3 is 2.48 bits per heavy atom. The summed E-state index contributed by atoms with van der Waals surface area (Å²) in [5.74, 6) is -1.24. The van der Waals surface area contributed by atoms with Crippen LogP contribution in [0.25, 0.3) is 0 Å². The lowest BCUT2D eigenvalue weighted by molar-refractivity contribution is -0.122. The van der Waals surface area contributed by atoms with E-state index < -0.39 is 24.5 Å². The van der Waals surface area contributed by atoms with Gasteiger partial charge < -0.3 is 20.1 Å². The first-order valence-electron chi connectivity index (χ1n) is 8.20. The van der Waals surface area contributed by atoms with Crippen LogP contribution in [0.2, 0.25) is 0 Å². The summed E-state index contributed by atoms with van der Waals surface area (Å²) in [7, 11) is 1.28. The molecule has 142 valence electrons. The molecule has 2 aromatic rings. The van der Waals surface area contributed by atoms with E-state index in [4.69, 9.17) is 10.5 Å². The van der Waals surface area contributed by atoms with Gasteiger partial charge in [-0.15, -0.1) is 0 Å². The van der Waals surface area contributed by atoms with E-state index in [1.807, 2.05) is 24.3 Å². The van der Waals surface area contributed by atoms with Gasteiger partial charge >= 0.3 is 6.61 Å². The minimum atomic E-state index is -3.02. The van der Waals surface area contributed by atoms with Gasteiger partial charge in [0.1, 0.15) is 6.04 Å². The number of amides is 2. The molecule has 3 rings (SSSR count). The highest BCUT2D eigenvalue weighted by Crippen LogP contribution is 2.31. The van der Waals surface area contributed by atoms with Crippen LogP contribution in [0.5, 0.6) is 11.5 Å². The van der Waals surface area contributed by atoms with E-state index in [0.717, 1.165) is 11.1 Å². The number of benzene rings is 2. The summed E-state index contributed by atoms with van der Waals surface area (Å²) in [4.78, 5) is 26.3. The summed E-state index contributed by atoms with van der Waals surface area (Å²) in [6.45, 7) is -2.79. The Morgan fingerprint density at radius 2 is 1.85 bits per heavy atom. The average Bonchev–Trinajstić information content (AvgIpc) is 2.66. The van der Waals surface area contributed by atoms with E-state index in [-0.39, 0.29) is 23.6 Å². The molecular weight excluding hydrogens is 358 g/mol. The van der Waals surface area contributed by atoms with Gasteiger partial charge in [-0.25, -0.2) is 0 Å². The molecule has 0 unspecified atom stereocenters. The Morgan fingerprint density at radius 1 is 1.15 bits per heavy atom. The third-order valence-electron chi connectivity index (χ3n) is 4.46. The van der Waals surface area contributed by atoms with Crippen LogP contribution < -0.4 is 15.2 Å². The maximum atomic E-state index is 13.0. The maximum Gasteiger partial charge on any atom is 0.387 e. The number of primary amides is 1. The Bertz CT molecular complexity index is 873. The molecule has 2 N–H and O–H groups in total. The van der Waals surface area contributed by atoms with Gasteiger partial charge in [-0.05, 0) is 29.3 Å². The molecule has 27 heavy (non-hydrogen) atoms. The molecule has 2 aromatic carbocycles. The van der Waals surface area contributed by atoms with Crippen LogP contribution >= 0.6 is 0 Å². The predicted octanol–water partition coefficient (Wildman–Crippen LogP) is 2.35. The van der Waals surface area contributed by atoms with Crippen LogP contribution in [0.1, 0.15) is 21.5 Å². The molecule has 0 bridgehead atoms. The normalized spacial score (nSPS) is 16.0. The SMILES string of the molecule is COc1cc(C(=O)N2Cc3ccccc3C[C@H]2C(N)=O)ccc1OC(F)F. The summed E-state index contributed by atoms with van der Waals surface area (Å²) >= 11 is 0. The van der Waals surface area contributed by atoms with E-state index in [1.165, 1.54) is 30.2 Å². The first-order chi connectivity index (χ1) is 12.9. The highest BCUT2D eigenvalue weighted by Gasteiger charge is 2.34. The number of alkyl halides is 2. The zero-order valence-electron chi connectivity index (χ0n) is 14.5. The third-order valence-corrected chi connectivity index (χ3v) is 4.46. The van der Waals surface area contributed by atoms with Crippen LogP contribution in [0.4, 0.5) is 8.78 Å². The number of nitrogens with two attached hydrogens (primary N) is 1. The number of nitrogens with zero attached hydrogens (tertiary/aromatic N) is 1. The molecule has 0 aromatic heterocycles. The van der Waals surface area contributed by atoms with Gasteiger partial charge in [-0.1, -0.05) is 24.3 Å². The highest BCUT2D eigenvalue weighted by atomic mass is 19.3. The second-order valence-corrected chi connectivity index (χ2v) is 6.07. The Kier molecular flexibility index (Phi) is 5.25. The first-order valence-corrected chi connectivity index (χ1v) is 8.20. The van der Waals surface area contributed by atoms with Crippen molar-refractivity contribution in [3.05, 3.63) is 59.2 Å². The molecule has 0 fully saturated rings. The van der Waals surface area contributed by atoms with Crippen molar-refractivity contribution in [1.82, 2.24) is 4.90 Å². The molecule has 0 radical (unpaired) electrons. The van der Waals surface area contributed by atoms with Crippen molar-refractivity contribution in [3.8, 4) is 11.5 Å². The Balaban J connectivity index is 1.93. The Labute approximate surface area is 154 Å². The second-order valence-electron chi connectivity index (χ2n) is 6.07. The van der Waals surface area contributed by atoms with Gasteiger partial charge in [0.2, 0.25) is 5.91 Å². The molecular formula is C19H18F2N2O4. The number of fused-ring (bicyclic) bond motifs is 1. The topological polar surface area (TPSA) is 81.9 Å². The van der Waals surface area contributed by atoms with Crippen molar-refractivity contribution in [2.45, 2.75) is 25.6 Å². The summed E-state index contributed by atoms with van der Waals surface area (Å²) < 4.78 is 34.3. The van der Waals surface area contributed by atoms with Crippen molar-refractivity contribution >= 4 is 11.8 Å². The molecule has 1 heterocycles. The Hall–Kier alpha value is -3.16. The van der Waals surface area contributed by atoms with Crippen LogP contribution in [-0.2, 0) is 17.8 Å². The zero-order valence-corrected chi connectivity index (χ0v) is 14.5. The van der Waals surface area contributed by atoms with Crippen molar-refractivity contribution in [1.29, 1.82) is 0 Å². The number of carbonyl (C=O) groups excluding carboxylic acids is 2. The zero-order chi connectivity index (χ0) is 19.6. The number of hydrogen-bond donors (Lipinski definition) is 1. The van der Waals surface area contributed by atoms with Crippen molar-refractivity contribution in [2.75, 3.05) is 7.11 Å². The van der Waals surface area contributed by atoms with Gasteiger partial charge in [0, 0.05) is 18.5 Å². The summed E-state index contributed by atoms with van der Waals surface area (Å²) in [6.07, 6.45) is 0.320.